The molecular formula is C9H9BrF3N3. The smallest absolute Gasteiger partial charge is 0.369 e. The van der Waals surface area contributed by atoms with E-state index >= 15 is 0 Å². The molecule has 0 amide bonds. The molecule has 0 radical (unpaired) electrons. The third-order valence-electron chi connectivity index (χ3n) is 2.24. The van der Waals surface area contributed by atoms with Crippen LogP contribution in [0.4, 0.5) is 19.1 Å². The third kappa shape index (κ3) is 1.99. The topological polar surface area (TPSA) is 43.8 Å². The Labute approximate surface area is 99.8 Å². The van der Waals surface area contributed by atoms with Gasteiger partial charge in [0, 0.05) is 7.05 Å². The lowest BCUT2D eigenvalue weighted by molar-refractivity contribution is -0.137. The van der Waals surface area contributed by atoms with Crippen LogP contribution in [0.3, 0.4) is 0 Å². The zero-order chi connectivity index (χ0) is 11.2. The van der Waals surface area contributed by atoms with Gasteiger partial charge in [0.05, 0.1) is 16.6 Å². The van der Waals surface area contributed by atoms with Crippen LogP contribution >= 0.6 is 17.0 Å². The second-order valence-corrected chi connectivity index (χ2v) is 3.23. The summed E-state index contributed by atoms with van der Waals surface area (Å²) in [4.78, 5) is 3.83. The number of hydrogen-bond acceptors (Lipinski definition) is 2. The number of aromatic nitrogens is 2. The highest BCUT2D eigenvalue weighted by atomic mass is 79.9. The number of nitrogens with zero attached hydrogens (tertiary/aromatic N) is 2. The quantitative estimate of drug-likeness (QED) is 0.812. The molecule has 0 aliphatic heterocycles. The number of halogens is 4. The Bertz CT molecular complexity index is 518. The Morgan fingerprint density at radius 1 is 1.31 bits per heavy atom. The maximum absolute atomic E-state index is 12.4. The number of rotatable bonds is 0. The number of anilines is 1. The maximum atomic E-state index is 12.4. The monoisotopic (exact) mass is 295 g/mol. The van der Waals surface area contributed by atoms with E-state index in [1.54, 1.807) is 7.05 Å². The predicted octanol–water partition coefficient (Wildman–Crippen LogP) is 2.75. The van der Waals surface area contributed by atoms with Gasteiger partial charge in [-0.25, -0.2) is 4.98 Å². The Hall–Kier alpha value is -1.24. The lowest BCUT2D eigenvalue weighted by Gasteiger charge is -2.05. The van der Waals surface area contributed by atoms with Gasteiger partial charge < -0.3 is 10.3 Å². The number of hydrogen-bond donors (Lipinski definition) is 1. The van der Waals surface area contributed by atoms with Gasteiger partial charge in [0.25, 0.3) is 0 Å². The molecule has 0 unspecified atom stereocenters. The molecule has 1 aromatic heterocycles. The number of nitrogen functional groups attached to an aromatic ring is 1. The van der Waals surface area contributed by atoms with Crippen molar-refractivity contribution in [1.82, 2.24) is 9.55 Å². The fraction of sp³-hybridized carbons (Fsp3) is 0.222. The summed E-state index contributed by atoms with van der Waals surface area (Å²) >= 11 is 0. The zero-order valence-corrected chi connectivity index (χ0v) is 9.96. The molecule has 0 fully saturated rings. The van der Waals surface area contributed by atoms with Crippen LogP contribution in [-0.2, 0) is 13.2 Å². The molecular weight excluding hydrogens is 287 g/mol. The fourth-order valence-corrected chi connectivity index (χ4v) is 1.39. The minimum absolute atomic E-state index is 0. The van der Waals surface area contributed by atoms with E-state index in [0.29, 0.717) is 5.52 Å². The molecule has 2 N–H and O–H groups in total. The minimum atomic E-state index is -4.35. The standard InChI is InChI=1S/C9H8F3N3.BrH/c1-15-7-3-2-5(9(10,11)12)4-6(7)14-8(15)13;/h2-4H,1H3,(H2,13,14);1H. The first-order chi connectivity index (χ1) is 6.89. The SMILES string of the molecule is Br.Cn1c(N)nc2cc(C(F)(F)F)ccc21. The molecule has 1 heterocycles. The molecule has 0 atom stereocenters. The normalized spacial score (nSPS) is 11.5. The third-order valence-corrected chi connectivity index (χ3v) is 2.24. The summed E-state index contributed by atoms with van der Waals surface area (Å²) in [5, 5.41) is 0. The summed E-state index contributed by atoms with van der Waals surface area (Å²) in [5.41, 5.74) is 5.61. The minimum Gasteiger partial charge on any atom is -0.369 e. The number of aryl methyl sites for hydroxylation is 1. The summed E-state index contributed by atoms with van der Waals surface area (Å²) in [6.45, 7) is 0. The molecule has 0 spiro atoms. The van der Waals surface area contributed by atoms with E-state index in [2.05, 4.69) is 4.98 Å². The first kappa shape index (κ1) is 12.8. The van der Waals surface area contributed by atoms with E-state index in [-0.39, 0.29) is 28.4 Å². The van der Waals surface area contributed by atoms with Crippen LogP contribution in [0, 0.1) is 0 Å². The number of nitrogens with two attached hydrogens (primary N) is 1. The highest BCUT2D eigenvalue weighted by Crippen LogP contribution is 2.31. The molecule has 7 heteroatoms. The summed E-state index contributed by atoms with van der Waals surface area (Å²) in [6, 6.07) is 3.37. The second-order valence-electron chi connectivity index (χ2n) is 3.23. The average Bonchev–Trinajstić information content (AvgIpc) is 2.41. The van der Waals surface area contributed by atoms with E-state index < -0.39 is 11.7 Å². The first-order valence-corrected chi connectivity index (χ1v) is 4.19. The molecule has 1 aromatic carbocycles. The highest BCUT2D eigenvalue weighted by molar-refractivity contribution is 8.93. The summed E-state index contributed by atoms with van der Waals surface area (Å²) in [5.74, 6) is 0.198. The molecule has 2 rings (SSSR count). The van der Waals surface area contributed by atoms with E-state index in [1.165, 1.54) is 10.6 Å². The number of fused-ring (bicyclic) bond motifs is 1. The highest BCUT2D eigenvalue weighted by Gasteiger charge is 2.30. The van der Waals surface area contributed by atoms with E-state index in [0.717, 1.165) is 12.1 Å². The van der Waals surface area contributed by atoms with E-state index in [1.807, 2.05) is 0 Å². The Kier molecular flexibility index (Phi) is 3.18. The van der Waals surface area contributed by atoms with Gasteiger partial charge in [0.2, 0.25) is 5.95 Å². The number of imidazole rings is 1. The summed E-state index contributed by atoms with van der Waals surface area (Å²) < 4.78 is 38.6. The molecule has 0 saturated carbocycles. The van der Waals surface area contributed by atoms with Gasteiger partial charge in [-0.05, 0) is 18.2 Å². The van der Waals surface area contributed by atoms with E-state index in [4.69, 9.17) is 5.73 Å². The predicted molar refractivity (Wildman–Crippen MR) is 60.5 cm³/mol. The van der Waals surface area contributed by atoms with Gasteiger partial charge in [-0.2, -0.15) is 13.2 Å². The van der Waals surface area contributed by atoms with Crippen molar-refractivity contribution in [2.75, 3.05) is 5.73 Å². The van der Waals surface area contributed by atoms with Crippen molar-refractivity contribution < 1.29 is 13.2 Å². The lowest BCUT2D eigenvalue weighted by atomic mass is 10.2. The molecule has 2 aromatic rings. The van der Waals surface area contributed by atoms with Crippen LogP contribution in [0.15, 0.2) is 18.2 Å². The summed E-state index contributed by atoms with van der Waals surface area (Å²) in [6.07, 6.45) is -4.35. The van der Waals surface area contributed by atoms with Crippen LogP contribution in [0.5, 0.6) is 0 Å². The molecule has 0 aliphatic rings. The van der Waals surface area contributed by atoms with Crippen molar-refractivity contribution in [3.8, 4) is 0 Å². The van der Waals surface area contributed by atoms with Crippen molar-refractivity contribution in [2.45, 2.75) is 6.18 Å². The number of alkyl halides is 3. The molecule has 16 heavy (non-hydrogen) atoms. The van der Waals surface area contributed by atoms with Crippen molar-refractivity contribution in [3.63, 3.8) is 0 Å². The zero-order valence-electron chi connectivity index (χ0n) is 8.25. The van der Waals surface area contributed by atoms with Gasteiger partial charge in [0.15, 0.2) is 0 Å². The van der Waals surface area contributed by atoms with Gasteiger partial charge in [-0.3, -0.25) is 0 Å². The maximum Gasteiger partial charge on any atom is 0.416 e. The largest absolute Gasteiger partial charge is 0.416 e. The Balaban J connectivity index is 0.00000128. The molecule has 0 bridgehead atoms. The Morgan fingerprint density at radius 3 is 2.50 bits per heavy atom. The Morgan fingerprint density at radius 2 is 1.94 bits per heavy atom. The van der Waals surface area contributed by atoms with Crippen LogP contribution < -0.4 is 5.73 Å². The molecule has 0 aliphatic carbocycles. The van der Waals surface area contributed by atoms with Gasteiger partial charge in [0.1, 0.15) is 0 Å². The van der Waals surface area contributed by atoms with E-state index in [9.17, 15) is 13.2 Å². The van der Waals surface area contributed by atoms with Gasteiger partial charge in [-0.1, -0.05) is 0 Å². The van der Waals surface area contributed by atoms with Crippen LogP contribution in [0.25, 0.3) is 11.0 Å². The van der Waals surface area contributed by atoms with Crippen molar-refractivity contribution in [3.05, 3.63) is 23.8 Å². The summed E-state index contributed by atoms with van der Waals surface area (Å²) in [7, 11) is 1.65. The lowest BCUT2D eigenvalue weighted by Crippen LogP contribution is -2.04. The van der Waals surface area contributed by atoms with Crippen molar-refractivity contribution >= 4 is 34.0 Å². The molecule has 88 valence electrons. The van der Waals surface area contributed by atoms with Crippen molar-refractivity contribution in [2.24, 2.45) is 7.05 Å². The average molecular weight is 296 g/mol. The van der Waals surface area contributed by atoms with Crippen LogP contribution in [-0.4, -0.2) is 9.55 Å². The molecule has 3 nitrogen and oxygen atoms in total. The second kappa shape index (κ2) is 3.97. The molecule has 0 saturated heterocycles. The van der Waals surface area contributed by atoms with Gasteiger partial charge >= 0.3 is 6.18 Å². The van der Waals surface area contributed by atoms with Gasteiger partial charge in [-0.15, -0.1) is 17.0 Å². The number of benzene rings is 1. The van der Waals surface area contributed by atoms with Crippen LogP contribution in [0.1, 0.15) is 5.56 Å². The fourth-order valence-electron chi connectivity index (χ4n) is 1.39. The van der Waals surface area contributed by atoms with Crippen molar-refractivity contribution in [1.29, 1.82) is 0 Å². The van der Waals surface area contributed by atoms with Crippen LogP contribution in [0.2, 0.25) is 0 Å². The first-order valence-electron chi connectivity index (χ1n) is 4.19.